The van der Waals surface area contributed by atoms with E-state index in [2.05, 4.69) is 42.5 Å². The Morgan fingerprint density at radius 1 is 1.39 bits per heavy atom. The molecule has 1 aromatic carbocycles. The average molecular weight is 246 g/mol. The minimum Gasteiger partial charge on any atom is -0.493 e. The zero-order chi connectivity index (χ0) is 12.5. The second kappa shape index (κ2) is 4.90. The molecule has 2 aliphatic rings. The molecule has 2 aliphatic heterocycles. The van der Waals surface area contributed by atoms with Crippen LogP contribution in [-0.2, 0) is 6.42 Å². The fourth-order valence-corrected chi connectivity index (χ4v) is 3.33. The summed E-state index contributed by atoms with van der Waals surface area (Å²) in [6, 6.07) is 7.26. The van der Waals surface area contributed by atoms with Crippen molar-refractivity contribution in [1.82, 2.24) is 10.2 Å². The second-order valence-corrected chi connectivity index (χ2v) is 5.63. The molecule has 1 aromatic rings. The smallest absolute Gasteiger partial charge is 0.122 e. The summed E-state index contributed by atoms with van der Waals surface area (Å²) in [5, 5.41) is 3.48. The zero-order valence-electron chi connectivity index (χ0n) is 11.3. The van der Waals surface area contributed by atoms with Crippen molar-refractivity contribution in [3.63, 3.8) is 0 Å². The van der Waals surface area contributed by atoms with E-state index in [0.717, 1.165) is 37.8 Å². The summed E-state index contributed by atoms with van der Waals surface area (Å²) >= 11 is 0. The number of rotatable bonds is 3. The third-order valence-electron chi connectivity index (χ3n) is 4.16. The lowest BCUT2D eigenvalue weighted by atomic mass is 9.90. The number of benzene rings is 1. The highest BCUT2D eigenvalue weighted by Gasteiger charge is 2.28. The van der Waals surface area contributed by atoms with Crippen LogP contribution in [0.5, 0.6) is 5.75 Å². The highest BCUT2D eigenvalue weighted by molar-refractivity contribution is 5.41. The van der Waals surface area contributed by atoms with Gasteiger partial charge in [0.1, 0.15) is 5.75 Å². The third kappa shape index (κ3) is 2.13. The number of nitrogens with one attached hydrogen (secondary N) is 1. The van der Waals surface area contributed by atoms with Gasteiger partial charge in [-0.2, -0.15) is 0 Å². The molecule has 0 amide bonds. The summed E-state index contributed by atoms with van der Waals surface area (Å²) in [7, 11) is 4.37. The molecule has 1 fully saturated rings. The van der Waals surface area contributed by atoms with Crippen molar-refractivity contribution in [3.8, 4) is 5.75 Å². The first-order chi connectivity index (χ1) is 8.75. The molecule has 1 saturated heterocycles. The highest BCUT2D eigenvalue weighted by atomic mass is 16.5. The van der Waals surface area contributed by atoms with Crippen molar-refractivity contribution in [2.45, 2.75) is 18.9 Å². The van der Waals surface area contributed by atoms with Crippen LogP contribution in [-0.4, -0.2) is 38.7 Å². The van der Waals surface area contributed by atoms with Gasteiger partial charge in [-0.25, -0.2) is 0 Å². The number of fused-ring (bicyclic) bond motifs is 1. The lowest BCUT2D eigenvalue weighted by molar-refractivity contribution is 0.223. The van der Waals surface area contributed by atoms with E-state index in [1.54, 1.807) is 0 Å². The minimum atomic E-state index is 0.519. The lowest BCUT2D eigenvalue weighted by Gasteiger charge is -2.30. The van der Waals surface area contributed by atoms with E-state index in [1.165, 1.54) is 17.5 Å². The summed E-state index contributed by atoms with van der Waals surface area (Å²) < 4.78 is 5.59. The largest absolute Gasteiger partial charge is 0.493 e. The molecule has 1 N–H and O–H groups in total. The predicted molar refractivity (Wildman–Crippen MR) is 73.0 cm³/mol. The summed E-state index contributed by atoms with van der Waals surface area (Å²) in [6.45, 7) is 3.13. The minimum absolute atomic E-state index is 0.519. The van der Waals surface area contributed by atoms with Gasteiger partial charge in [0.15, 0.2) is 0 Å². The van der Waals surface area contributed by atoms with Gasteiger partial charge in [0, 0.05) is 12.5 Å². The molecule has 0 aromatic heterocycles. The number of nitrogens with zero attached hydrogens (tertiary/aromatic N) is 1. The first kappa shape index (κ1) is 12.0. The molecule has 3 heteroatoms. The van der Waals surface area contributed by atoms with Crippen molar-refractivity contribution < 1.29 is 4.74 Å². The predicted octanol–water partition coefficient (Wildman–Crippen LogP) is 1.83. The molecule has 2 heterocycles. The maximum Gasteiger partial charge on any atom is 0.122 e. The van der Waals surface area contributed by atoms with E-state index in [-0.39, 0.29) is 0 Å². The van der Waals surface area contributed by atoms with Crippen LogP contribution in [0.1, 0.15) is 23.6 Å². The Bertz CT molecular complexity index is 425. The Morgan fingerprint density at radius 3 is 3.00 bits per heavy atom. The molecule has 98 valence electrons. The van der Waals surface area contributed by atoms with Crippen molar-refractivity contribution in [1.29, 1.82) is 0 Å². The Hall–Kier alpha value is -1.06. The van der Waals surface area contributed by atoms with Gasteiger partial charge in [-0.1, -0.05) is 12.1 Å². The number of hydrogen-bond acceptors (Lipinski definition) is 3. The molecule has 0 spiro atoms. The SMILES string of the molecule is CN(C)C(c1ccc2c(c1)CCO2)C1CCNC1. The van der Waals surface area contributed by atoms with Gasteiger partial charge in [-0.15, -0.1) is 0 Å². The van der Waals surface area contributed by atoms with Gasteiger partial charge in [-0.3, -0.25) is 0 Å². The maximum absolute atomic E-state index is 5.59. The van der Waals surface area contributed by atoms with Crippen molar-refractivity contribution in [3.05, 3.63) is 29.3 Å². The summed E-state index contributed by atoms with van der Waals surface area (Å²) in [5.74, 6) is 1.81. The topological polar surface area (TPSA) is 24.5 Å². The molecule has 0 bridgehead atoms. The van der Waals surface area contributed by atoms with Gasteiger partial charge in [0.25, 0.3) is 0 Å². The van der Waals surface area contributed by atoms with Crippen LogP contribution >= 0.6 is 0 Å². The normalized spacial score (nSPS) is 24.1. The monoisotopic (exact) mass is 246 g/mol. The molecule has 2 atom stereocenters. The van der Waals surface area contributed by atoms with E-state index < -0.39 is 0 Å². The zero-order valence-corrected chi connectivity index (χ0v) is 11.3. The molecule has 0 aliphatic carbocycles. The fourth-order valence-electron chi connectivity index (χ4n) is 3.33. The van der Waals surface area contributed by atoms with E-state index in [1.807, 2.05) is 0 Å². The molecule has 0 radical (unpaired) electrons. The summed E-state index contributed by atoms with van der Waals surface area (Å²) in [5.41, 5.74) is 2.82. The first-order valence-electron chi connectivity index (χ1n) is 6.88. The Labute approximate surface area is 109 Å². The van der Waals surface area contributed by atoms with E-state index >= 15 is 0 Å². The van der Waals surface area contributed by atoms with E-state index in [4.69, 9.17) is 4.74 Å². The Kier molecular flexibility index (Phi) is 3.27. The standard InChI is InChI=1S/C15H22N2O/c1-17(2)15(13-5-7-16-10-13)12-3-4-14-11(9-12)6-8-18-14/h3-4,9,13,15-16H,5-8,10H2,1-2H3. The number of hydrogen-bond donors (Lipinski definition) is 1. The molecule has 3 nitrogen and oxygen atoms in total. The van der Waals surface area contributed by atoms with Crippen molar-refractivity contribution in [2.24, 2.45) is 5.92 Å². The van der Waals surface area contributed by atoms with Crippen molar-refractivity contribution in [2.75, 3.05) is 33.8 Å². The van der Waals surface area contributed by atoms with Crippen LogP contribution in [0.2, 0.25) is 0 Å². The molecule has 3 rings (SSSR count). The van der Waals surface area contributed by atoms with Crippen LogP contribution in [0, 0.1) is 5.92 Å². The highest BCUT2D eigenvalue weighted by Crippen LogP contribution is 2.34. The van der Waals surface area contributed by atoms with Crippen LogP contribution in [0.4, 0.5) is 0 Å². The molecule has 0 saturated carbocycles. The molecule has 18 heavy (non-hydrogen) atoms. The molecular weight excluding hydrogens is 224 g/mol. The van der Waals surface area contributed by atoms with Crippen molar-refractivity contribution >= 4 is 0 Å². The van der Waals surface area contributed by atoms with Gasteiger partial charge in [-0.05, 0) is 56.7 Å². The van der Waals surface area contributed by atoms with Gasteiger partial charge in [0.05, 0.1) is 6.61 Å². The molecule has 2 unspecified atom stereocenters. The summed E-state index contributed by atoms with van der Waals surface area (Å²) in [6.07, 6.45) is 2.34. The quantitative estimate of drug-likeness (QED) is 0.880. The Balaban J connectivity index is 1.89. The van der Waals surface area contributed by atoms with Gasteiger partial charge >= 0.3 is 0 Å². The average Bonchev–Trinajstić information content (AvgIpc) is 2.98. The Morgan fingerprint density at radius 2 is 2.28 bits per heavy atom. The maximum atomic E-state index is 5.59. The van der Waals surface area contributed by atoms with E-state index in [9.17, 15) is 0 Å². The second-order valence-electron chi connectivity index (χ2n) is 5.63. The van der Waals surface area contributed by atoms with Gasteiger partial charge in [0.2, 0.25) is 0 Å². The van der Waals surface area contributed by atoms with Crippen LogP contribution in [0.25, 0.3) is 0 Å². The van der Waals surface area contributed by atoms with Crippen LogP contribution in [0.3, 0.4) is 0 Å². The fraction of sp³-hybridized carbons (Fsp3) is 0.600. The molecular formula is C15H22N2O. The number of ether oxygens (including phenoxy) is 1. The van der Waals surface area contributed by atoms with Gasteiger partial charge < -0.3 is 15.0 Å². The van der Waals surface area contributed by atoms with Crippen LogP contribution in [0.15, 0.2) is 18.2 Å². The third-order valence-corrected chi connectivity index (χ3v) is 4.16. The summed E-state index contributed by atoms with van der Waals surface area (Å²) in [4.78, 5) is 2.36. The first-order valence-corrected chi connectivity index (χ1v) is 6.88. The van der Waals surface area contributed by atoms with Crippen LogP contribution < -0.4 is 10.1 Å². The lowest BCUT2D eigenvalue weighted by Crippen LogP contribution is -2.28. The van der Waals surface area contributed by atoms with E-state index in [0.29, 0.717) is 6.04 Å².